The fraction of sp³-hybridized carbons (Fsp3) is 0.273. The summed E-state index contributed by atoms with van der Waals surface area (Å²) in [6.45, 7) is 4.10. The largest absolute Gasteiger partial charge is 0.372 e. The number of anilines is 1. The van der Waals surface area contributed by atoms with Gasteiger partial charge in [-0.05, 0) is 49.6 Å². The van der Waals surface area contributed by atoms with Crippen molar-refractivity contribution in [1.29, 1.82) is 0 Å². The first-order valence-electron chi connectivity index (χ1n) is 9.57. The first-order chi connectivity index (χ1) is 13.6. The van der Waals surface area contributed by atoms with Gasteiger partial charge in [0.1, 0.15) is 5.82 Å². The zero-order valence-corrected chi connectivity index (χ0v) is 15.8. The van der Waals surface area contributed by atoms with Gasteiger partial charge in [0.15, 0.2) is 0 Å². The Kier molecular flexibility index (Phi) is 5.10. The predicted molar refractivity (Wildman–Crippen MR) is 108 cm³/mol. The minimum atomic E-state index is -0.396. The van der Waals surface area contributed by atoms with E-state index in [1.165, 1.54) is 30.8 Å². The van der Waals surface area contributed by atoms with Gasteiger partial charge in [-0.1, -0.05) is 24.3 Å². The van der Waals surface area contributed by atoms with Gasteiger partial charge in [0.05, 0.1) is 23.5 Å². The molecule has 144 valence electrons. The van der Waals surface area contributed by atoms with E-state index in [9.17, 15) is 9.18 Å². The van der Waals surface area contributed by atoms with E-state index in [1.54, 1.807) is 18.2 Å². The Hall–Kier alpha value is -3.15. The van der Waals surface area contributed by atoms with Crippen LogP contribution in [0.15, 0.2) is 54.7 Å². The van der Waals surface area contributed by atoms with E-state index in [2.05, 4.69) is 32.5 Å². The predicted octanol–water partition coefficient (Wildman–Crippen LogP) is 4.31. The molecule has 2 heterocycles. The number of halogens is 1. The van der Waals surface area contributed by atoms with Gasteiger partial charge >= 0.3 is 0 Å². The van der Waals surface area contributed by atoms with Crippen LogP contribution in [0.1, 0.15) is 41.7 Å². The number of rotatable bonds is 5. The molecule has 28 heavy (non-hydrogen) atoms. The van der Waals surface area contributed by atoms with E-state index >= 15 is 0 Å². The molecule has 0 radical (unpaired) electrons. The smallest absolute Gasteiger partial charge is 0.255 e. The number of hydrogen-bond donors (Lipinski definition) is 2. The number of carbonyl (C=O) groups excluding carboxylic acids is 1. The first-order valence-corrected chi connectivity index (χ1v) is 9.57. The summed E-state index contributed by atoms with van der Waals surface area (Å²) in [5, 5.41) is 9.70. The molecule has 0 aliphatic carbocycles. The molecule has 0 spiro atoms. The summed E-state index contributed by atoms with van der Waals surface area (Å²) in [6, 6.07) is 14.4. The quantitative estimate of drug-likeness (QED) is 0.696. The van der Waals surface area contributed by atoms with Crippen LogP contribution in [0.2, 0.25) is 0 Å². The number of aromatic amines is 1. The SMILES string of the molecule is CC(NC(=O)c1cn[nH]c1-c1ccccc1F)c1cccc(N2CCCC2)c1. The van der Waals surface area contributed by atoms with Crippen molar-refractivity contribution < 1.29 is 9.18 Å². The lowest BCUT2D eigenvalue weighted by atomic mass is 10.0. The van der Waals surface area contributed by atoms with Crippen LogP contribution in [0, 0.1) is 5.82 Å². The van der Waals surface area contributed by atoms with Gasteiger partial charge in [0.2, 0.25) is 0 Å². The Labute approximate surface area is 163 Å². The second-order valence-electron chi connectivity index (χ2n) is 7.12. The van der Waals surface area contributed by atoms with Crippen molar-refractivity contribution in [3.8, 4) is 11.3 Å². The van der Waals surface area contributed by atoms with Crippen LogP contribution in [-0.2, 0) is 0 Å². The molecule has 5 nitrogen and oxygen atoms in total. The molecule has 6 heteroatoms. The lowest BCUT2D eigenvalue weighted by molar-refractivity contribution is 0.0940. The van der Waals surface area contributed by atoms with E-state index < -0.39 is 5.82 Å². The minimum absolute atomic E-state index is 0.182. The molecule has 0 saturated carbocycles. The molecule has 1 atom stereocenters. The highest BCUT2D eigenvalue weighted by molar-refractivity contribution is 6.00. The Morgan fingerprint density at radius 3 is 2.75 bits per heavy atom. The van der Waals surface area contributed by atoms with Crippen molar-refractivity contribution in [3.63, 3.8) is 0 Å². The average Bonchev–Trinajstić information content (AvgIpc) is 3.40. The second kappa shape index (κ2) is 7.84. The third-order valence-corrected chi connectivity index (χ3v) is 5.22. The fourth-order valence-corrected chi connectivity index (χ4v) is 3.65. The minimum Gasteiger partial charge on any atom is -0.372 e. The Balaban J connectivity index is 1.53. The molecule has 2 N–H and O–H groups in total. The summed E-state index contributed by atoms with van der Waals surface area (Å²) < 4.78 is 14.1. The number of carbonyl (C=O) groups is 1. The Morgan fingerprint density at radius 1 is 1.18 bits per heavy atom. The summed E-state index contributed by atoms with van der Waals surface area (Å²) in [7, 11) is 0. The number of aromatic nitrogens is 2. The maximum atomic E-state index is 14.1. The van der Waals surface area contributed by atoms with E-state index in [0.717, 1.165) is 18.7 Å². The number of amides is 1. The molecule has 1 unspecified atom stereocenters. The van der Waals surface area contributed by atoms with Crippen LogP contribution in [0.3, 0.4) is 0 Å². The van der Waals surface area contributed by atoms with Crippen LogP contribution < -0.4 is 10.2 Å². The number of H-pyrrole nitrogens is 1. The lowest BCUT2D eigenvalue weighted by Crippen LogP contribution is -2.27. The van der Waals surface area contributed by atoms with E-state index in [4.69, 9.17) is 0 Å². The van der Waals surface area contributed by atoms with Crippen molar-refractivity contribution in [2.24, 2.45) is 0 Å². The summed E-state index contributed by atoms with van der Waals surface area (Å²) in [5.41, 5.74) is 3.26. The summed E-state index contributed by atoms with van der Waals surface area (Å²) >= 11 is 0. The highest BCUT2D eigenvalue weighted by atomic mass is 19.1. The standard InChI is InChI=1S/C22H23FN4O/c1-15(16-7-6-8-17(13-16)27-11-4-5-12-27)25-22(28)19-14-24-26-21(19)18-9-2-3-10-20(18)23/h2-3,6-10,13-15H,4-5,11-12H2,1H3,(H,24,26)(H,25,28). The molecule has 4 rings (SSSR count). The van der Waals surface area contributed by atoms with Gasteiger partial charge in [0.25, 0.3) is 5.91 Å². The summed E-state index contributed by atoms with van der Waals surface area (Å²) in [6.07, 6.45) is 3.87. The van der Waals surface area contributed by atoms with Crippen LogP contribution in [0.5, 0.6) is 0 Å². The van der Waals surface area contributed by atoms with E-state index in [-0.39, 0.29) is 11.9 Å². The van der Waals surface area contributed by atoms with Crippen LogP contribution in [0.25, 0.3) is 11.3 Å². The van der Waals surface area contributed by atoms with Crippen molar-refractivity contribution in [2.75, 3.05) is 18.0 Å². The maximum absolute atomic E-state index is 14.1. The molecular formula is C22H23FN4O. The molecule has 1 saturated heterocycles. The molecule has 0 bridgehead atoms. The molecule has 2 aromatic carbocycles. The molecule has 1 fully saturated rings. The lowest BCUT2D eigenvalue weighted by Gasteiger charge is -2.20. The summed E-state index contributed by atoms with van der Waals surface area (Å²) in [4.78, 5) is 15.2. The molecule has 1 aliphatic heterocycles. The number of nitrogens with one attached hydrogen (secondary N) is 2. The summed E-state index contributed by atoms with van der Waals surface area (Å²) in [5.74, 6) is -0.682. The van der Waals surface area contributed by atoms with Gasteiger partial charge in [-0.2, -0.15) is 5.10 Å². The molecule has 1 aromatic heterocycles. The maximum Gasteiger partial charge on any atom is 0.255 e. The zero-order valence-electron chi connectivity index (χ0n) is 15.8. The number of nitrogens with zero attached hydrogens (tertiary/aromatic N) is 2. The van der Waals surface area contributed by atoms with Crippen molar-refractivity contribution in [3.05, 3.63) is 71.7 Å². The monoisotopic (exact) mass is 378 g/mol. The molecular weight excluding hydrogens is 355 g/mol. The van der Waals surface area contributed by atoms with Gasteiger partial charge in [-0.25, -0.2) is 4.39 Å². The molecule has 3 aromatic rings. The van der Waals surface area contributed by atoms with Gasteiger partial charge in [-0.3, -0.25) is 9.89 Å². The highest BCUT2D eigenvalue weighted by Gasteiger charge is 2.20. The van der Waals surface area contributed by atoms with Gasteiger partial charge < -0.3 is 10.2 Å². The van der Waals surface area contributed by atoms with Gasteiger partial charge in [-0.15, -0.1) is 0 Å². The third-order valence-electron chi connectivity index (χ3n) is 5.22. The first kappa shape index (κ1) is 18.2. The second-order valence-corrected chi connectivity index (χ2v) is 7.12. The van der Waals surface area contributed by atoms with E-state index in [1.807, 2.05) is 19.1 Å². The van der Waals surface area contributed by atoms with E-state index in [0.29, 0.717) is 16.8 Å². The zero-order chi connectivity index (χ0) is 19.5. The topological polar surface area (TPSA) is 61.0 Å². The van der Waals surface area contributed by atoms with Crippen molar-refractivity contribution in [2.45, 2.75) is 25.8 Å². The highest BCUT2D eigenvalue weighted by Crippen LogP contribution is 2.26. The number of benzene rings is 2. The third kappa shape index (κ3) is 3.63. The molecule has 1 aliphatic rings. The van der Waals surface area contributed by atoms with Crippen LogP contribution in [-0.4, -0.2) is 29.2 Å². The molecule has 1 amide bonds. The van der Waals surface area contributed by atoms with Crippen LogP contribution in [0.4, 0.5) is 10.1 Å². The van der Waals surface area contributed by atoms with Crippen molar-refractivity contribution >= 4 is 11.6 Å². The van der Waals surface area contributed by atoms with Crippen molar-refractivity contribution in [1.82, 2.24) is 15.5 Å². The number of hydrogen-bond acceptors (Lipinski definition) is 3. The van der Waals surface area contributed by atoms with Gasteiger partial charge in [0, 0.05) is 24.3 Å². The van der Waals surface area contributed by atoms with Crippen LogP contribution >= 0.6 is 0 Å². The normalized spacial score (nSPS) is 14.9. The average molecular weight is 378 g/mol. The Bertz CT molecular complexity index is 978. The fourth-order valence-electron chi connectivity index (χ4n) is 3.65. The Morgan fingerprint density at radius 2 is 1.96 bits per heavy atom.